The normalized spacial score (nSPS) is 10.3. The number of anilines is 3. The molecule has 0 spiro atoms. The van der Waals surface area contributed by atoms with Gasteiger partial charge in [-0.15, -0.1) is 5.10 Å². The van der Waals surface area contributed by atoms with Crippen LogP contribution in [0.2, 0.25) is 0 Å². The second kappa shape index (κ2) is 13.6. The van der Waals surface area contributed by atoms with E-state index >= 15 is 0 Å². The molecule has 0 amide bonds. The van der Waals surface area contributed by atoms with Crippen molar-refractivity contribution < 1.29 is 56.9 Å². The molecule has 0 aliphatic carbocycles. The zero-order chi connectivity index (χ0) is 24.9. The smallest absolute Gasteiger partial charge is 0.870 e. The molecule has 0 radical (unpaired) electrons. The average molecular weight is 536 g/mol. The Bertz CT molecular complexity index is 1530. The first-order chi connectivity index (χ1) is 18.3. The van der Waals surface area contributed by atoms with Crippen molar-refractivity contribution in [3.8, 4) is 22.5 Å². The molecule has 0 unspecified atom stereocenters. The topological polar surface area (TPSA) is 76.8 Å². The van der Waals surface area contributed by atoms with E-state index in [0.29, 0.717) is 6.54 Å². The molecule has 39 heavy (non-hydrogen) atoms. The predicted octanol–water partition coefficient (Wildman–Crippen LogP) is 4.35. The largest absolute Gasteiger partial charge is 1.00 e. The number of hydrogen-bond acceptors (Lipinski definition) is 5. The molecule has 0 atom stereocenters. The van der Waals surface area contributed by atoms with E-state index in [1.165, 1.54) is 5.56 Å². The van der Waals surface area contributed by atoms with Crippen LogP contribution in [0, 0.1) is 0 Å². The van der Waals surface area contributed by atoms with Crippen LogP contribution < -0.4 is 56.3 Å². The molecule has 6 nitrogen and oxygen atoms in total. The van der Waals surface area contributed by atoms with Crippen LogP contribution in [0.5, 0.6) is 0 Å². The van der Waals surface area contributed by atoms with Crippen LogP contribution in [0.1, 0.15) is 5.56 Å². The molecule has 2 aromatic heterocycles. The Morgan fingerprint density at radius 1 is 0.564 bits per heavy atom. The van der Waals surface area contributed by atoms with Gasteiger partial charge in [0.15, 0.2) is 0 Å². The van der Waals surface area contributed by atoms with E-state index in [0.717, 1.165) is 39.6 Å². The van der Waals surface area contributed by atoms with Gasteiger partial charge in [-0.2, -0.15) is 0 Å². The van der Waals surface area contributed by atoms with Crippen LogP contribution in [-0.2, 0) is 6.54 Å². The summed E-state index contributed by atoms with van der Waals surface area (Å²) in [4.78, 5) is 6.93. The SMILES string of the molecule is [K+].[OH-].c1ccc(Cn2cc(-c3ccc(-c4ccc(N(c5ccccc5)c5ccccc5)cc4)cn3)nn2)cc1. The van der Waals surface area contributed by atoms with Gasteiger partial charge in [-0.1, -0.05) is 90.1 Å². The first kappa shape index (κ1) is 28.6. The van der Waals surface area contributed by atoms with Crippen LogP contribution in [0.15, 0.2) is 140 Å². The van der Waals surface area contributed by atoms with E-state index in [2.05, 4.69) is 111 Å². The molecule has 0 saturated heterocycles. The van der Waals surface area contributed by atoms with Crippen molar-refractivity contribution in [1.82, 2.24) is 20.0 Å². The van der Waals surface area contributed by atoms with E-state index in [1.54, 1.807) is 0 Å². The van der Waals surface area contributed by atoms with Gasteiger partial charge in [0, 0.05) is 28.8 Å². The summed E-state index contributed by atoms with van der Waals surface area (Å²) in [6.07, 6.45) is 3.83. The second-order valence-corrected chi connectivity index (χ2v) is 8.77. The average Bonchev–Trinajstić information content (AvgIpc) is 3.44. The molecule has 0 aliphatic heterocycles. The van der Waals surface area contributed by atoms with Gasteiger partial charge in [0.2, 0.25) is 0 Å². The summed E-state index contributed by atoms with van der Waals surface area (Å²) in [5.41, 5.74) is 8.25. The third-order valence-corrected chi connectivity index (χ3v) is 6.24. The predicted molar refractivity (Wildman–Crippen MR) is 151 cm³/mol. The van der Waals surface area contributed by atoms with Gasteiger partial charge in [0.05, 0.1) is 18.4 Å². The van der Waals surface area contributed by atoms with Crippen LogP contribution >= 0.6 is 0 Å². The summed E-state index contributed by atoms with van der Waals surface area (Å²) in [7, 11) is 0. The minimum atomic E-state index is 0. The van der Waals surface area contributed by atoms with Gasteiger partial charge in [-0.25, -0.2) is 4.68 Å². The summed E-state index contributed by atoms with van der Waals surface area (Å²) in [6.45, 7) is 0.682. The second-order valence-electron chi connectivity index (χ2n) is 8.77. The minimum absolute atomic E-state index is 0. The molecular formula is C32H26KN5O. The summed E-state index contributed by atoms with van der Waals surface area (Å²) in [6, 6.07) is 43.7. The van der Waals surface area contributed by atoms with Crippen LogP contribution in [0.3, 0.4) is 0 Å². The Labute approximate surface area is 270 Å². The summed E-state index contributed by atoms with van der Waals surface area (Å²) >= 11 is 0. The summed E-state index contributed by atoms with van der Waals surface area (Å²) in [5, 5.41) is 8.59. The molecule has 1 N–H and O–H groups in total. The van der Waals surface area contributed by atoms with Gasteiger partial charge in [-0.3, -0.25) is 4.98 Å². The Hall–Kier alpha value is -3.43. The zero-order valence-electron chi connectivity index (χ0n) is 21.7. The molecular weight excluding hydrogens is 509 g/mol. The fourth-order valence-corrected chi connectivity index (χ4v) is 4.38. The van der Waals surface area contributed by atoms with E-state index in [-0.39, 0.29) is 56.9 Å². The van der Waals surface area contributed by atoms with E-state index in [1.807, 2.05) is 53.5 Å². The molecule has 4 aromatic carbocycles. The maximum atomic E-state index is 4.67. The molecule has 186 valence electrons. The Morgan fingerprint density at radius 2 is 1.10 bits per heavy atom. The summed E-state index contributed by atoms with van der Waals surface area (Å²) in [5.74, 6) is 0. The minimum Gasteiger partial charge on any atom is -0.870 e. The van der Waals surface area contributed by atoms with Crippen molar-refractivity contribution >= 4 is 17.1 Å². The fourth-order valence-electron chi connectivity index (χ4n) is 4.38. The summed E-state index contributed by atoms with van der Waals surface area (Å²) < 4.78 is 1.84. The first-order valence-corrected chi connectivity index (χ1v) is 12.2. The Balaban J connectivity index is 0.00000176. The maximum Gasteiger partial charge on any atom is 1.00 e. The van der Waals surface area contributed by atoms with Crippen LogP contribution in [0.25, 0.3) is 22.5 Å². The molecule has 0 fully saturated rings. The monoisotopic (exact) mass is 535 g/mol. The van der Waals surface area contributed by atoms with Crippen molar-refractivity contribution in [2.24, 2.45) is 0 Å². The number of rotatable bonds is 7. The Morgan fingerprint density at radius 3 is 1.67 bits per heavy atom. The maximum absolute atomic E-state index is 4.67. The molecule has 6 aromatic rings. The Kier molecular flexibility index (Phi) is 9.94. The molecule has 0 aliphatic rings. The molecule has 6 rings (SSSR count). The third-order valence-electron chi connectivity index (χ3n) is 6.24. The van der Waals surface area contributed by atoms with E-state index in [4.69, 9.17) is 0 Å². The zero-order valence-corrected chi connectivity index (χ0v) is 24.8. The number of benzene rings is 4. The van der Waals surface area contributed by atoms with E-state index < -0.39 is 0 Å². The molecule has 0 bridgehead atoms. The number of hydrogen-bond donors (Lipinski definition) is 0. The van der Waals surface area contributed by atoms with Crippen molar-refractivity contribution in [2.75, 3.05) is 4.90 Å². The van der Waals surface area contributed by atoms with Crippen molar-refractivity contribution in [3.05, 3.63) is 145 Å². The van der Waals surface area contributed by atoms with Crippen molar-refractivity contribution in [1.29, 1.82) is 0 Å². The molecule has 0 saturated carbocycles. The van der Waals surface area contributed by atoms with E-state index in [9.17, 15) is 0 Å². The molecule has 2 heterocycles. The standard InChI is InChI=1S/C32H25N5.K.H2O/c1-4-10-25(11-5-1)23-36-24-32(34-35-36)31-21-18-27(22-33-31)26-16-19-30(20-17-26)37(28-12-6-2-7-13-28)29-14-8-3-9-15-29;;/h1-22,24H,23H2;;1H2/q;+1;/p-1. The number of nitrogens with zero attached hydrogens (tertiary/aromatic N) is 5. The number of para-hydroxylation sites is 2. The first-order valence-electron chi connectivity index (χ1n) is 12.2. The quantitative estimate of drug-likeness (QED) is 0.284. The van der Waals surface area contributed by atoms with Gasteiger partial charge in [0.1, 0.15) is 5.69 Å². The van der Waals surface area contributed by atoms with Gasteiger partial charge < -0.3 is 10.4 Å². The van der Waals surface area contributed by atoms with Gasteiger partial charge >= 0.3 is 51.4 Å². The van der Waals surface area contributed by atoms with Crippen molar-refractivity contribution in [3.63, 3.8) is 0 Å². The number of aromatic nitrogens is 4. The van der Waals surface area contributed by atoms with Crippen LogP contribution in [-0.4, -0.2) is 25.5 Å². The number of pyridine rings is 1. The third kappa shape index (κ3) is 6.77. The fraction of sp³-hybridized carbons (Fsp3) is 0.0312. The van der Waals surface area contributed by atoms with Gasteiger partial charge in [0.25, 0.3) is 0 Å². The molecule has 7 heteroatoms. The van der Waals surface area contributed by atoms with Crippen molar-refractivity contribution in [2.45, 2.75) is 6.54 Å². The van der Waals surface area contributed by atoms with Gasteiger partial charge in [-0.05, 0) is 53.6 Å². The van der Waals surface area contributed by atoms with Crippen LogP contribution in [0.4, 0.5) is 17.1 Å².